The van der Waals surface area contributed by atoms with E-state index in [1.165, 1.54) is 0 Å². The van der Waals surface area contributed by atoms with Crippen LogP contribution in [0.5, 0.6) is 0 Å². The fourth-order valence-corrected chi connectivity index (χ4v) is 0.892. The van der Waals surface area contributed by atoms with Crippen molar-refractivity contribution in [2.75, 3.05) is 12.3 Å². The first-order valence-corrected chi connectivity index (χ1v) is 3.77. The average molecular weight is 231 g/mol. The maximum Gasteiger partial charge on any atom is 0.340 e. The largest absolute Gasteiger partial charge is 0.462 e. The van der Waals surface area contributed by atoms with E-state index in [-0.39, 0.29) is 25.4 Å². The molecule has 0 bridgehead atoms. The van der Waals surface area contributed by atoms with Crippen LogP contribution in [0.2, 0.25) is 0 Å². The molecule has 0 atom stereocenters. The number of rotatable bonds is 2. The summed E-state index contributed by atoms with van der Waals surface area (Å²) in [4.78, 5) is 11.2. The second-order valence-corrected chi connectivity index (χ2v) is 2.31. The Hall–Kier alpha value is -0.887. The van der Waals surface area contributed by atoms with Crippen LogP contribution in [-0.2, 0) is 24.2 Å². The molecule has 1 aromatic rings. The third-order valence-corrected chi connectivity index (χ3v) is 1.46. The van der Waals surface area contributed by atoms with Crippen LogP contribution in [0.15, 0.2) is 24.3 Å². The topological polar surface area (TPSA) is 52.3 Å². The van der Waals surface area contributed by atoms with E-state index in [0.717, 1.165) is 0 Å². The molecule has 0 unspecified atom stereocenters. The van der Waals surface area contributed by atoms with E-state index in [1.54, 1.807) is 31.2 Å². The Labute approximate surface area is 90.0 Å². The first-order chi connectivity index (χ1) is 5.75. The molecule has 0 spiro atoms. The summed E-state index contributed by atoms with van der Waals surface area (Å²) in [5, 5.41) is 0. The van der Waals surface area contributed by atoms with Crippen molar-refractivity contribution in [3.63, 3.8) is 0 Å². The van der Waals surface area contributed by atoms with Crippen LogP contribution in [0.1, 0.15) is 17.3 Å². The number of carbonyl (C=O) groups is 1. The second-order valence-electron chi connectivity index (χ2n) is 2.31. The van der Waals surface area contributed by atoms with E-state index in [1.807, 2.05) is 0 Å². The molecule has 0 radical (unpaired) electrons. The molecule has 0 saturated heterocycles. The maximum absolute atomic E-state index is 11.2. The summed E-state index contributed by atoms with van der Waals surface area (Å²) in [6.07, 6.45) is 0. The van der Waals surface area contributed by atoms with Gasteiger partial charge in [-0.3, -0.25) is 0 Å². The minimum absolute atomic E-state index is 0. The van der Waals surface area contributed by atoms with Gasteiger partial charge < -0.3 is 10.5 Å². The predicted octanol–water partition coefficient (Wildman–Crippen LogP) is 1.44. The van der Waals surface area contributed by atoms with Crippen LogP contribution in [0.4, 0.5) is 5.69 Å². The zero-order valence-corrected chi connectivity index (χ0v) is 10.6. The number of ether oxygens (including phenoxy) is 1. The molecule has 0 saturated carbocycles. The van der Waals surface area contributed by atoms with Crippen molar-refractivity contribution in [2.24, 2.45) is 0 Å². The molecule has 0 fully saturated rings. The van der Waals surface area contributed by atoms with Gasteiger partial charge in [-0.1, -0.05) is 12.1 Å². The molecule has 0 amide bonds. The molecule has 2 N–H and O–H groups in total. The Morgan fingerprint density at radius 2 is 2.08 bits per heavy atom. The third-order valence-electron chi connectivity index (χ3n) is 1.46. The number of para-hydroxylation sites is 1. The Bertz CT molecular complexity index is 289. The van der Waals surface area contributed by atoms with Gasteiger partial charge in [0.15, 0.2) is 0 Å². The number of nitrogens with two attached hydrogens (primary N) is 1. The van der Waals surface area contributed by atoms with E-state index in [9.17, 15) is 4.79 Å². The van der Waals surface area contributed by atoms with Crippen molar-refractivity contribution in [3.8, 4) is 0 Å². The quantitative estimate of drug-likeness (QED) is 0.475. The number of anilines is 1. The maximum atomic E-state index is 11.2. The zero-order chi connectivity index (χ0) is 8.97. The van der Waals surface area contributed by atoms with Gasteiger partial charge in [0.2, 0.25) is 0 Å². The Morgan fingerprint density at radius 3 is 2.62 bits per heavy atom. The standard InChI is InChI=1S/C9H11NO2.Zn/c1-2-12-9(11)7-5-3-4-6-8(7)10;/h3-6H,2,10H2,1H3;. The Kier molecular flexibility index (Phi) is 5.32. The van der Waals surface area contributed by atoms with Gasteiger partial charge in [-0.2, -0.15) is 0 Å². The van der Waals surface area contributed by atoms with Crippen LogP contribution in [0.3, 0.4) is 0 Å². The van der Waals surface area contributed by atoms with Gasteiger partial charge in [-0.05, 0) is 19.1 Å². The minimum atomic E-state index is -0.365. The zero-order valence-electron chi connectivity index (χ0n) is 7.62. The molecule has 0 aliphatic carbocycles. The van der Waals surface area contributed by atoms with E-state index in [4.69, 9.17) is 10.5 Å². The summed E-state index contributed by atoms with van der Waals surface area (Å²) in [6, 6.07) is 6.85. The van der Waals surface area contributed by atoms with Gasteiger partial charge in [0.1, 0.15) is 0 Å². The van der Waals surface area contributed by atoms with E-state index < -0.39 is 0 Å². The Balaban J connectivity index is 0.00000144. The number of carbonyl (C=O) groups excluding carboxylic acids is 1. The first-order valence-electron chi connectivity index (χ1n) is 3.77. The summed E-state index contributed by atoms with van der Waals surface area (Å²) in [5.74, 6) is -0.365. The van der Waals surface area contributed by atoms with E-state index >= 15 is 0 Å². The van der Waals surface area contributed by atoms with Gasteiger partial charge in [0, 0.05) is 25.2 Å². The predicted molar refractivity (Wildman–Crippen MR) is 46.8 cm³/mol. The van der Waals surface area contributed by atoms with Gasteiger partial charge in [0.25, 0.3) is 0 Å². The van der Waals surface area contributed by atoms with Crippen molar-refractivity contribution < 1.29 is 29.0 Å². The van der Waals surface area contributed by atoms with Crippen LogP contribution in [-0.4, -0.2) is 12.6 Å². The van der Waals surface area contributed by atoms with Gasteiger partial charge >= 0.3 is 5.97 Å². The SMILES string of the molecule is CCOC(=O)c1ccccc1N.[Zn]. The molecule has 1 rings (SSSR count). The first kappa shape index (κ1) is 12.1. The van der Waals surface area contributed by atoms with Crippen molar-refractivity contribution in [1.82, 2.24) is 0 Å². The van der Waals surface area contributed by atoms with Gasteiger partial charge in [0.05, 0.1) is 12.2 Å². The normalized spacial score (nSPS) is 8.69. The van der Waals surface area contributed by atoms with Crippen molar-refractivity contribution in [3.05, 3.63) is 29.8 Å². The van der Waals surface area contributed by atoms with Crippen molar-refractivity contribution >= 4 is 11.7 Å². The van der Waals surface area contributed by atoms with E-state index in [0.29, 0.717) is 17.9 Å². The smallest absolute Gasteiger partial charge is 0.340 e. The average Bonchev–Trinajstić information content (AvgIpc) is 2.05. The summed E-state index contributed by atoms with van der Waals surface area (Å²) >= 11 is 0. The number of hydrogen-bond donors (Lipinski definition) is 1. The fraction of sp³-hybridized carbons (Fsp3) is 0.222. The van der Waals surface area contributed by atoms with Crippen LogP contribution >= 0.6 is 0 Å². The molecule has 0 aliphatic rings. The summed E-state index contributed by atoms with van der Waals surface area (Å²) in [5.41, 5.74) is 6.44. The molecule has 1 aromatic carbocycles. The molecule has 13 heavy (non-hydrogen) atoms. The molecule has 0 aromatic heterocycles. The third kappa shape index (κ3) is 3.15. The van der Waals surface area contributed by atoms with Crippen LogP contribution in [0, 0.1) is 0 Å². The summed E-state index contributed by atoms with van der Waals surface area (Å²) < 4.78 is 4.79. The minimum Gasteiger partial charge on any atom is -0.462 e. The Morgan fingerprint density at radius 1 is 1.46 bits per heavy atom. The molecule has 3 nitrogen and oxygen atoms in total. The summed E-state index contributed by atoms with van der Waals surface area (Å²) in [7, 11) is 0. The van der Waals surface area contributed by atoms with E-state index in [2.05, 4.69) is 0 Å². The fourth-order valence-electron chi connectivity index (χ4n) is 0.892. The molecular weight excluding hydrogens is 219 g/mol. The van der Waals surface area contributed by atoms with Gasteiger partial charge in [-0.25, -0.2) is 4.79 Å². The van der Waals surface area contributed by atoms with Crippen molar-refractivity contribution in [1.29, 1.82) is 0 Å². The number of hydrogen-bond acceptors (Lipinski definition) is 3. The molecular formula is C9H11NO2Zn. The molecule has 0 aliphatic heterocycles. The van der Waals surface area contributed by atoms with Crippen molar-refractivity contribution in [2.45, 2.75) is 6.92 Å². The van der Waals surface area contributed by atoms with Crippen LogP contribution in [0.25, 0.3) is 0 Å². The second kappa shape index (κ2) is 5.71. The summed E-state index contributed by atoms with van der Waals surface area (Å²) in [6.45, 7) is 2.13. The monoisotopic (exact) mass is 229 g/mol. The number of esters is 1. The van der Waals surface area contributed by atoms with Gasteiger partial charge in [-0.15, -0.1) is 0 Å². The molecule has 4 heteroatoms. The molecule has 0 heterocycles. The molecule has 66 valence electrons. The number of benzene rings is 1. The van der Waals surface area contributed by atoms with Crippen LogP contribution < -0.4 is 5.73 Å². The number of nitrogen functional groups attached to an aromatic ring is 1.